The number of ether oxygens (including phenoxy) is 1. The fourth-order valence-corrected chi connectivity index (χ4v) is 2.60. The monoisotopic (exact) mass is 277 g/mol. The van der Waals surface area contributed by atoms with Crippen molar-refractivity contribution in [2.45, 2.75) is 13.5 Å². The van der Waals surface area contributed by atoms with Crippen molar-refractivity contribution in [3.05, 3.63) is 35.3 Å². The van der Waals surface area contributed by atoms with Crippen molar-refractivity contribution in [3.8, 4) is 5.75 Å². The third-order valence-electron chi connectivity index (χ3n) is 2.83. The Morgan fingerprint density at radius 3 is 2.89 bits per heavy atom. The molecule has 4 nitrogen and oxygen atoms in total. The van der Waals surface area contributed by atoms with Gasteiger partial charge in [-0.3, -0.25) is 0 Å². The third-order valence-corrected chi connectivity index (χ3v) is 3.80. The summed E-state index contributed by atoms with van der Waals surface area (Å²) >= 11 is 1.64. The molecule has 0 aliphatic carbocycles. The molecule has 0 spiro atoms. The van der Waals surface area contributed by atoms with E-state index in [1.807, 2.05) is 31.3 Å². The maximum absolute atomic E-state index is 5.38. The molecular weight excluding hydrogens is 258 g/mol. The van der Waals surface area contributed by atoms with E-state index in [9.17, 15) is 0 Å². The van der Waals surface area contributed by atoms with Crippen molar-refractivity contribution in [1.82, 2.24) is 10.3 Å². The fraction of sp³-hybridized carbons (Fsp3) is 0.357. The van der Waals surface area contributed by atoms with E-state index in [1.54, 1.807) is 18.4 Å². The number of rotatable bonds is 6. The Labute approximate surface area is 118 Å². The predicted molar refractivity (Wildman–Crippen MR) is 80.6 cm³/mol. The SMILES string of the molecule is CCNCc1csc(N(C)c2ccccc2OC)n1. The summed E-state index contributed by atoms with van der Waals surface area (Å²) in [4.78, 5) is 6.68. The number of thiazole rings is 1. The zero-order chi connectivity index (χ0) is 13.7. The summed E-state index contributed by atoms with van der Waals surface area (Å²) in [6.45, 7) is 3.86. The number of anilines is 2. The van der Waals surface area contributed by atoms with Crippen molar-refractivity contribution in [2.75, 3.05) is 25.6 Å². The Morgan fingerprint density at radius 2 is 2.16 bits per heavy atom. The number of nitrogens with zero attached hydrogens (tertiary/aromatic N) is 2. The van der Waals surface area contributed by atoms with Gasteiger partial charge in [0.1, 0.15) is 5.75 Å². The van der Waals surface area contributed by atoms with Gasteiger partial charge in [0.15, 0.2) is 5.13 Å². The van der Waals surface area contributed by atoms with Gasteiger partial charge in [-0.05, 0) is 18.7 Å². The van der Waals surface area contributed by atoms with Crippen molar-refractivity contribution in [3.63, 3.8) is 0 Å². The molecular formula is C14H19N3OS. The van der Waals surface area contributed by atoms with Gasteiger partial charge < -0.3 is 15.0 Å². The summed E-state index contributed by atoms with van der Waals surface area (Å²) in [5.74, 6) is 0.855. The molecule has 2 aromatic rings. The van der Waals surface area contributed by atoms with E-state index in [0.717, 1.165) is 35.4 Å². The van der Waals surface area contributed by atoms with Gasteiger partial charge in [0, 0.05) is 19.0 Å². The summed E-state index contributed by atoms with van der Waals surface area (Å²) < 4.78 is 5.38. The van der Waals surface area contributed by atoms with Gasteiger partial charge in [-0.1, -0.05) is 19.1 Å². The van der Waals surface area contributed by atoms with Gasteiger partial charge in [0.25, 0.3) is 0 Å². The summed E-state index contributed by atoms with van der Waals surface area (Å²) in [6.07, 6.45) is 0. The Kier molecular flexibility index (Phi) is 4.76. The van der Waals surface area contributed by atoms with E-state index >= 15 is 0 Å². The molecule has 1 N–H and O–H groups in total. The molecule has 0 amide bonds. The second-order valence-electron chi connectivity index (χ2n) is 4.13. The fourth-order valence-electron chi connectivity index (χ4n) is 1.79. The van der Waals surface area contributed by atoms with E-state index in [4.69, 9.17) is 4.74 Å². The summed E-state index contributed by atoms with van der Waals surface area (Å²) in [7, 11) is 3.69. The standard InChI is InChI=1S/C14H19N3OS/c1-4-15-9-11-10-19-14(16-11)17(2)12-7-5-6-8-13(12)18-3/h5-8,10,15H,4,9H2,1-3H3. The van der Waals surface area contributed by atoms with Crippen LogP contribution in [0.15, 0.2) is 29.6 Å². The minimum Gasteiger partial charge on any atom is -0.495 e. The Bertz CT molecular complexity index is 527. The molecule has 102 valence electrons. The van der Waals surface area contributed by atoms with Crippen molar-refractivity contribution >= 4 is 22.2 Å². The molecule has 0 aliphatic heterocycles. The maximum Gasteiger partial charge on any atom is 0.189 e. The van der Waals surface area contributed by atoms with Gasteiger partial charge in [-0.15, -0.1) is 11.3 Å². The van der Waals surface area contributed by atoms with Crippen LogP contribution < -0.4 is 15.0 Å². The molecule has 0 unspecified atom stereocenters. The smallest absolute Gasteiger partial charge is 0.189 e. The molecule has 2 rings (SSSR count). The average molecular weight is 277 g/mol. The molecule has 0 atom stereocenters. The molecule has 0 radical (unpaired) electrons. The highest BCUT2D eigenvalue weighted by molar-refractivity contribution is 7.13. The van der Waals surface area contributed by atoms with Crippen LogP contribution in [0.3, 0.4) is 0 Å². The molecule has 0 saturated carbocycles. The highest BCUT2D eigenvalue weighted by atomic mass is 32.1. The van der Waals surface area contributed by atoms with Crippen molar-refractivity contribution in [1.29, 1.82) is 0 Å². The molecule has 0 fully saturated rings. The van der Waals surface area contributed by atoms with Gasteiger partial charge in [0.05, 0.1) is 18.5 Å². The zero-order valence-corrected chi connectivity index (χ0v) is 12.3. The highest BCUT2D eigenvalue weighted by Gasteiger charge is 2.12. The van der Waals surface area contributed by atoms with Crippen LogP contribution in [0.25, 0.3) is 0 Å². The lowest BCUT2D eigenvalue weighted by atomic mass is 10.3. The molecule has 1 aromatic heterocycles. The van der Waals surface area contributed by atoms with Gasteiger partial charge in [-0.2, -0.15) is 0 Å². The molecule has 0 aliphatic rings. The zero-order valence-electron chi connectivity index (χ0n) is 11.5. The molecule has 0 saturated heterocycles. The second kappa shape index (κ2) is 6.54. The summed E-state index contributed by atoms with van der Waals surface area (Å²) in [6, 6.07) is 7.96. The van der Waals surface area contributed by atoms with E-state index in [0.29, 0.717) is 0 Å². The summed E-state index contributed by atoms with van der Waals surface area (Å²) in [5, 5.41) is 6.34. The second-order valence-corrected chi connectivity index (χ2v) is 4.97. The number of aromatic nitrogens is 1. The van der Waals surface area contributed by atoms with E-state index < -0.39 is 0 Å². The molecule has 1 aromatic carbocycles. The van der Waals surface area contributed by atoms with Gasteiger partial charge in [0.2, 0.25) is 0 Å². The minimum atomic E-state index is 0.812. The van der Waals surface area contributed by atoms with E-state index in [-0.39, 0.29) is 0 Å². The lowest BCUT2D eigenvalue weighted by Gasteiger charge is -2.18. The first-order valence-corrected chi connectivity index (χ1v) is 7.16. The van der Waals surface area contributed by atoms with Crippen LogP contribution in [0.4, 0.5) is 10.8 Å². The number of nitrogens with one attached hydrogen (secondary N) is 1. The van der Waals surface area contributed by atoms with Crippen LogP contribution in [0.2, 0.25) is 0 Å². The van der Waals surface area contributed by atoms with E-state index in [2.05, 4.69) is 27.5 Å². The average Bonchev–Trinajstić information content (AvgIpc) is 2.93. The van der Waals surface area contributed by atoms with Crippen LogP contribution in [0.1, 0.15) is 12.6 Å². The number of para-hydroxylation sites is 2. The van der Waals surface area contributed by atoms with E-state index in [1.165, 1.54) is 0 Å². The molecule has 5 heteroatoms. The summed E-state index contributed by atoms with van der Waals surface area (Å²) in [5.41, 5.74) is 2.10. The highest BCUT2D eigenvalue weighted by Crippen LogP contribution is 2.33. The van der Waals surface area contributed by atoms with Crippen LogP contribution in [0.5, 0.6) is 5.75 Å². The normalized spacial score (nSPS) is 10.5. The molecule has 19 heavy (non-hydrogen) atoms. The minimum absolute atomic E-state index is 0.812. The van der Waals surface area contributed by atoms with Gasteiger partial charge >= 0.3 is 0 Å². The topological polar surface area (TPSA) is 37.4 Å². The van der Waals surface area contributed by atoms with Crippen LogP contribution >= 0.6 is 11.3 Å². The van der Waals surface area contributed by atoms with Crippen LogP contribution in [-0.4, -0.2) is 25.7 Å². The lowest BCUT2D eigenvalue weighted by Crippen LogP contribution is -2.13. The number of methoxy groups -OCH3 is 1. The Balaban J connectivity index is 2.18. The van der Waals surface area contributed by atoms with Crippen LogP contribution in [-0.2, 0) is 6.54 Å². The first-order valence-electron chi connectivity index (χ1n) is 6.28. The Morgan fingerprint density at radius 1 is 1.37 bits per heavy atom. The quantitative estimate of drug-likeness (QED) is 0.880. The number of benzene rings is 1. The van der Waals surface area contributed by atoms with Crippen molar-refractivity contribution < 1.29 is 4.74 Å². The van der Waals surface area contributed by atoms with Crippen molar-refractivity contribution in [2.24, 2.45) is 0 Å². The molecule has 1 heterocycles. The largest absolute Gasteiger partial charge is 0.495 e. The van der Waals surface area contributed by atoms with Gasteiger partial charge in [-0.25, -0.2) is 4.98 Å². The number of hydrogen-bond donors (Lipinski definition) is 1. The first-order chi connectivity index (χ1) is 9.26. The first kappa shape index (κ1) is 13.8. The number of hydrogen-bond acceptors (Lipinski definition) is 5. The molecule has 0 bridgehead atoms. The predicted octanol–water partition coefficient (Wildman–Crippen LogP) is 3.03. The van der Waals surface area contributed by atoms with Crippen LogP contribution in [0, 0.1) is 0 Å². The Hall–Kier alpha value is -1.59. The maximum atomic E-state index is 5.38. The lowest BCUT2D eigenvalue weighted by molar-refractivity contribution is 0.415. The third kappa shape index (κ3) is 3.24.